The second-order valence-electron chi connectivity index (χ2n) is 4.72. The Morgan fingerprint density at radius 1 is 1.35 bits per heavy atom. The molecular weight excluding hydrogens is 306 g/mol. The van der Waals surface area contributed by atoms with Crippen molar-refractivity contribution in [1.82, 2.24) is 9.88 Å². The second-order valence-corrected chi connectivity index (χ2v) is 4.72. The SMILES string of the molecule is CC(OC(=O)CCn1c(=O)oc2ccccc21)C(=O)NC(N)=O. The lowest BCUT2D eigenvalue weighted by molar-refractivity contribution is -0.154. The molecule has 0 aliphatic carbocycles. The van der Waals surface area contributed by atoms with Gasteiger partial charge in [0.05, 0.1) is 11.9 Å². The Balaban J connectivity index is 1.96. The summed E-state index contributed by atoms with van der Waals surface area (Å²) in [5, 5.41) is 1.80. The highest BCUT2D eigenvalue weighted by Gasteiger charge is 2.19. The maximum absolute atomic E-state index is 11.7. The molecule has 2 aromatic rings. The Bertz CT molecular complexity index is 806. The third kappa shape index (κ3) is 3.96. The van der Waals surface area contributed by atoms with E-state index in [-0.39, 0.29) is 13.0 Å². The number of imide groups is 1. The van der Waals surface area contributed by atoms with E-state index in [1.54, 1.807) is 29.6 Å². The zero-order valence-corrected chi connectivity index (χ0v) is 12.3. The third-order valence-electron chi connectivity index (χ3n) is 3.04. The number of fused-ring (bicyclic) bond motifs is 1. The standard InChI is InChI=1S/C14H15N3O6/c1-8(12(19)16-13(15)20)22-11(18)6-7-17-9-4-2-3-5-10(9)23-14(17)21/h2-5,8H,6-7H2,1H3,(H3,15,16,19,20). The molecule has 0 aliphatic rings. The molecule has 0 saturated carbocycles. The predicted octanol–water partition coefficient (Wildman–Crippen LogP) is 0.111. The fourth-order valence-electron chi connectivity index (χ4n) is 1.96. The van der Waals surface area contributed by atoms with Crippen LogP contribution in [-0.4, -0.2) is 28.6 Å². The van der Waals surface area contributed by atoms with Crippen molar-refractivity contribution in [2.45, 2.75) is 26.0 Å². The van der Waals surface area contributed by atoms with Crippen LogP contribution in [0, 0.1) is 0 Å². The van der Waals surface area contributed by atoms with Crippen LogP contribution in [0.4, 0.5) is 4.79 Å². The van der Waals surface area contributed by atoms with Gasteiger partial charge in [-0.3, -0.25) is 19.5 Å². The fourth-order valence-corrected chi connectivity index (χ4v) is 1.96. The number of benzene rings is 1. The molecule has 0 saturated heterocycles. The number of aryl methyl sites for hydroxylation is 1. The number of nitrogens with one attached hydrogen (secondary N) is 1. The summed E-state index contributed by atoms with van der Waals surface area (Å²) in [4.78, 5) is 45.4. The topological polar surface area (TPSA) is 134 Å². The minimum atomic E-state index is -1.17. The van der Waals surface area contributed by atoms with E-state index < -0.39 is 29.8 Å². The van der Waals surface area contributed by atoms with Crippen LogP contribution >= 0.6 is 0 Å². The molecule has 23 heavy (non-hydrogen) atoms. The molecule has 3 N–H and O–H groups in total. The maximum Gasteiger partial charge on any atom is 0.419 e. The molecule has 1 unspecified atom stereocenters. The smallest absolute Gasteiger partial charge is 0.419 e. The van der Waals surface area contributed by atoms with Gasteiger partial charge in [0.25, 0.3) is 5.91 Å². The lowest BCUT2D eigenvalue weighted by atomic mass is 10.3. The molecule has 1 atom stereocenters. The number of ether oxygens (including phenoxy) is 1. The van der Waals surface area contributed by atoms with Gasteiger partial charge in [0, 0.05) is 6.54 Å². The molecule has 9 nitrogen and oxygen atoms in total. The number of esters is 1. The van der Waals surface area contributed by atoms with Crippen molar-refractivity contribution in [2.24, 2.45) is 5.73 Å². The number of carbonyl (C=O) groups excluding carboxylic acids is 3. The second kappa shape index (κ2) is 6.77. The van der Waals surface area contributed by atoms with Crippen LogP contribution in [0.15, 0.2) is 33.5 Å². The first-order valence-electron chi connectivity index (χ1n) is 6.76. The highest BCUT2D eigenvalue weighted by atomic mass is 16.5. The quantitative estimate of drug-likeness (QED) is 0.751. The molecule has 1 aromatic heterocycles. The molecule has 0 radical (unpaired) electrons. The van der Waals surface area contributed by atoms with Crippen molar-refractivity contribution in [1.29, 1.82) is 0 Å². The van der Waals surface area contributed by atoms with E-state index in [1.165, 1.54) is 11.5 Å². The van der Waals surface area contributed by atoms with Crippen LogP contribution in [0.5, 0.6) is 0 Å². The number of rotatable bonds is 5. The van der Waals surface area contributed by atoms with Gasteiger partial charge in [0.1, 0.15) is 0 Å². The minimum Gasteiger partial charge on any atom is -0.452 e. The van der Waals surface area contributed by atoms with Crippen molar-refractivity contribution in [3.8, 4) is 0 Å². The van der Waals surface area contributed by atoms with Gasteiger partial charge < -0.3 is 14.9 Å². The van der Waals surface area contributed by atoms with Gasteiger partial charge >= 0.3 is 17.8 Å². The van der Waals surface area contributed by atoms with E-state index in [4.69, 9.17) is 14.9 Å². The molecule has 0 fully saturated rings. The lowest BCUT2D eigenvalue weighted by Gasteiger charge is -2.11. The Hall–Kier alpha value is -3.10. The van der Waals surface area contributed by atoms with E-state index in [1.807, 2.05) is 0 Å². The van der Waals surface area contributed by atoms with Crippen molar-refractivity contribution in [2.75, 3.05) is 0 Å². The van der Waals surface area contributed by atoms with E-state index >= 15 is 0 Å². The maximum atomic E-state index is 11.7. The summed E-state index contributed by atoms with van der Waals surface area (Å²) in [5.41, 5.74) is 5.77. The highest BCUT2D eigenvalue weighted by molar-refractivity contribution is 5.96. The van der Waals surface area contributed by atoms with Crippen LogP contribution in [-0.2, 0) is 20.9 Å². The number of primary amides is 1. The van der Waals surface area contributed by atoms with Gasteiger partial charge in [-0.2, -0.15) is 0 Å². The summed E-state index contributed by atoms with van der Waals surface area (Å²) in [5.74, 6) is -2.11. The molecule has 0 bridgehead atoms. The van der Waals surface area contributed by atoms with Crippen molar-refractivity contribution in [3.05, 3.63) is 34.8 Å². The molecule has 0 aliphatic heterocycles. The van der Waals surface area contributed by atoms with Gasteiger partial charge in [0.15, 0.2) is 11.7 Å². The molecule has 0 spiro atoms. The Morgan fingerprint density at radius 2 is 2.04 bits per heavy atom. The molecule has 2 rings (SSSR count). The van der Waals surface area contributed by atoms with E-state index in [0.29, 0.717) is 11.1 Å². The predicted molar refractivity (Wildman–Crippen MR) is 78.4 cm³/mol. The monoisotopic (exact) mass is 321 g/mol. The van der Waals surface area contributed by atoms with E-state index in [2.05, 4.69) is 0 Å². The van der Waals surface area contributed by atoms with Crippen molar-refractivity contribution >= 4 is 29.0 Å². The first-order valence-corrected chi connectivity index (χ1v) is 6.76. The molecule has 1 heterocycles. The molecule has 122 valence electrons. The average molecular weight is 321 g/mol. The number of para-hydroxylation sites is 2. The van der Waals surface area contributed by atoms with Crippen LogP contribution in [0.3, 0.4) is 0 Å². The number of amides is 3. The van der Waals surface area contributed by atoms with Crippen LogP contribution < -0.4 is 16.8 Å². The van der Waals surface area contributed by atoms with Crippen LogP contribution in [0.25, 0.3) is 11.1 Å². The number of carbonyl (C=O) groups is 3. The molecule has 1 aromatic carbocycles. The summed E-state index contributed by atoms with van der Waals surface area (Å²) < 4.78 is 11.2. The zero-order chi connectivity index (χ0) is 17.0. The Labute approximate surface area is 130 Å². The van der Waals surface area contributed by atoms with E-state index in [0.717, 1.165) is 0 Å². The summed E-state index contributed by atoms with van der Waals surface area (Å²) in [6.45, 7) is 1.34. The number of oxazole rings is 1. The van der Waals surface area contributed by atoms with Crippen molar-refractivity contribution in [3.63, 3.8) is 0 Å². The number of aromatic nitrogens is 1. The first-order chi connectivity index (χ1) is 10.9. The van der Waals surface area contributed by atoms with Crippen molar-refractivity contribution < 1.29 is 23.5 Å². The first kappa shape index (κ1) is 16.3. The summed E-state index contributed by atoms with van der Waals surface area (Å²) in [7, 11) is 0. The summed E-state index contributed by atoms with van der Waals surface area (Å²) in [6, 6.07) is 5.76. The van der Waals surface area contributed by atoms with Crippen LogP contribution in [0.2, 0.25) is 0 Å². The van der Waals surface area contributed by atoms with Gasteiger partial charge in [-0.05, 0) is 19.1 Å². The average Bonchev–Trinajstić information content (AvgIpc) is 2.79. The van der Waals surface area contributed by atoms with Gasteiger partial charge in [-0.1, -0.05) is 12.1 Å². The number of nitrogens with two attached hydrogens (primary N) is 1. The summed E-state index contributed by atoms with van der Waals surface area (Å²) >= 11 is 0. The highest BCUT2D eigenvalue weighted by Crippen LogP contribution is 2.12. The Kier molecular flexibility index (Phi) is 4.79. The fraction of sp³-hybridized carbons (Fsp3) is 0.286. The number of hydrogen-bond acceptors (Lipinski definition) is 6. The van der Waals surface area contributed by atoms with Gasteiger partial charge in [0.2, 0.25) is 0 Å². The number of nitrogens with zero attached hydrogens (tertiary/aromatic N) is 1. The van der Waals surface area contributed by atoms with Crippen LogP contribution in [0.1, 0.15) is 13.3 Å². The molecular formula is C14H15N3O6. The number of hydrogen-bond donors (Lipinski definition) is 2. The van der Waals surface area contributed by atoms with Gasteiger partial charge in [-0.25, -0.2) is 9.59 Å². The summed E-state index contributed by atoms with van der Waals surface area (Å²) in [6.07, 6.45) is -1.31. The largest absolute Gasteiger partial charge is 0.452 e. The zero-order valence-electron chi connectivity index (χ0n) is 12.3. The third-order valence-corrected chi connectivity index (χ3v) is 3.04. The van der Waals surface area contributed by atoms with E-state index in [9.17, 15) is 19.2 Å². The molecule has 3 amide bonds. The molecule has 9 heteroatoms. The Morgan fingerprint density at radius 3 is 2.74 bits per heavy atom. The number of urea groups is 1. The minimum absolute atomic E-state index is 0.0405. The normalized spacial score (nSPS) is 11.9. The van der Waals surface area contributed by atoms with Gasteiger partial charge in [-0.15, -0.1) is 0 Å². The lowest BCUT2D eigenvalue weighted by Crippen LogP contribution is -2.42.